The van der Waals surface area contributed by atoms with Crippen molar-refractivity contribution in [1.82, 2.24) is 0 Å². The van der Waals surface area contributed by atoms with Gasteiger partial charge in [0.1, 0.15) is 0 Å². The molecule has 0 N–H and O–H groups in total. The first-order valence-corrected chi connectivity index (χ1v) is 6.96. The molecular formula is C16H22S. The Morgan fingerprint density at radius 3 is 2.29 bits per heavy atom. The van der Waals surface area contributed by atoms with Gasteiger partial charge in [0.25, 0.3) is 0 Å². The van der Waals surface area contributed by atoms with E-state index in [0.29, 0.717) is 4.75 Å². The highest BCUT2D eigenvalue weighted by Gasteiger charge is 2.09. The molecular weight excluding hydrogens is 224 g/mol. The molecule has 0 spiro atoms. The van der Waals surface area contributed by atoms with Crippen molar-refractivity contribution in [1.29, 1.82) is 0 Å². The summed E-state index contributed by atoms with van der Waals surface area (Å²) >= 11 is 2.01. The highest BCUT2D eigenvalue weighted by Crippen LogP contribution is 2.24. The molecule has 0 aliphatic carbocycles. The molecule has 0 unspecified atom stereocenters. The summed E-state index contributed by atoms with van der Waals surface area (Å²) in [5.41, 5.74) is 3.72. The molecule has 0 atom stereocenters. The van der Waals surface area contributed by atoms with E-state index < -0.39 is 0 Å². The lowest BCUT2D eigenvalue weighted by Gasteiger charge is -2.17. The van der Waals surface area contributed by atoms with E-state index in [4.69, 9.17) is 0 Å². The molecule has 0 nitrogen and oxygen atoms in total. The first-order valence-electron chi connectivity index (χ1n) is 5.98. The minimum atomic E-state index is 0.350. The molecule has 0 aliphatic heterocycles. The van der Waals surface area contributed by atoms with Crippen molar-refractivity contribution in [3.8, 4) is 0 Å². The van der Waals surface area contributed by atoms with Crippen LogP contribution >= 0.6 is 11.8 Å². The zero-order valence-electron chi connectivity index (χ0n) is 11.1. The molecule has 1 aromatic carbocycles. The summed E-state index contributed by atoms with van der Waals surface area (Å²) < 4.78 is 0.350. The normalized spacial score (nSPS) is 11.2. The lowest BCUT2D eigenvalue weighted by atomic mass is 10.0. The fourth-order valence-electron chi connectivity index (χ4n) is 1.62. The van der Waals surface area contributed by atoms with Gasteiger partial charge in [0.05, 0.1) is 0 Å². The Morgan fingerprint density at radius 2 is 1.76 bits per heavy atom. The van der Waals surface area contributed by atoms with Crippen molar-refractivity contribution in [3.05, 3.63) is 48.0 Å². The molecule has 1 heteroatoms. The van der Waals surface area contributed by atoms with Crippen molar-refractivity contribution >= 4 is 23.9 Å². The van der Waals surface area contributed by atoms with Gasteiger partial charge < -0.3 is 0 Å². The summed E-state index contributed by atoms with van der Waals surface area (Å²) in [6.45, 7) is 14.4. The Bertz CT molecular complexity index is 396. The maximum absolute atomic E-state index is 3.85. The number of benzene rings is 1. The zero-order valence-corrected chi connectivity index (χ0v) is 11.9. The number of thioether (sulfide) groups is 1. The molecule has 0 saturated heterocycles. The van der Waals surface area contributed by atoms with Gasteiger partial charge in [0.15, 0.2) is 0 Å². The van der Waals surface area contributed by atoms with Crippen LogP contribution in [0.25, 0.3) is 12.2 Å². The van der Waals surface area contributed by atoms with Crippen LogP contribution in [0.2, 0.25) is 0 Å². The van der Waals surface area contributed by atoms with Crippen LogP contribution in [0.5, 0.6) is 0 Å². The fourth-order valence-corrected chi connectivity index (χ4v) is 2.57. The van der Waals surface area contributed by atoms with Crippen molar-refractivity contribution < 1.29 is 0 Å². The number of hydrogen-bond donors (Lipinski definition) is 0. The van der Waals surface area contributed by atoms with Crippen LogP contribution in [0.1, 0.15) is 37.5 Å². The molecule has 17 heavy (non-hydrogen) atoms. The summed E-state index contributed by atoms with van der Waals surface area (Å²) in [6, 6.07) is 6.53. The monoisotopic (exact) mass is 246 g/mol. The summed E-state index contributed by atoms with van der Waals surface area (Å²) in [5.74, 6) is 1.16. The predicted octanol–water partition coefficient (Wildman–Crippen LogP) is 5.05. The Morgan fingerprint density at radius 1 is 1.12 bits per heavy atom. The van der Waals surface area contributed by atoms with Gasteiger partial charge in [-0.25, -0.2) is 0 Å². The van der Waals surface area contributed by atoms with Crippen LogP contribution in [-0.2, 0) is 6.42 Å². The smallest absolute Gasteiger partial charge is 0.00752 e. The van der Waals surface area contributed by atoms with Gasteiger partial charge in [-0.05, 0) is 28.9 Å². The maximum atomic E-state index is 3.85. The molecule has 0 radical (unpaired) electrons. The van der Waals surface area contributed by atoms with Gasteiger partial charge >= 0.3 is 0 Å². The molecule has 0 bridgehead atoms. The van der Waals surface area contributed by atoms with Crippen LogP contribution in [0, 0.1) is 0 Å². The van der Waals surface area contributed by atoms with Gasteiger partial charge in [-0.3, -0.25) is 0 Å². The second-order valence-electron chi connectivity index (χ2n) is 5.08. The minimum absolute atomic E-state index is 0.350. The van der Waals surface area contributed by atoms with Crippen LogP contribution in [0.3, 0.4) is 0 Å². The number of aryl methyl sites for hydroxylation is 1. The summed E-state index contributed by atoms with van der Waals surface area (Å²) in [5, 5.41) is 0. The first-order chi connectivity index (χ1) is 7.96. The highest BCUT2D eigenvalue weighted by molar-refractivity contribution is 8.00. The number of hydrogen-bond acceptors (Lipinski definition) is 1. The minimum Gasteiger partial charge on any atom is -0.156 e. The fraction of sp³-hybridized carbons (Fsp3) is 0.375. The topological polar surface area (TPSA) is 0 Å². The summed E-state index contributed by atoms with van der Waals surface area (Å²) in [4.78, 5) is 0. The van der Waals surface area contributed by atoms with E-state index in [1.165, 1.54) is 11.1 Å². The lowest BCUT2D eigenvalue weighted by molar-refractivity contribution is 0.801. The van der Waals surface area contributed by atoms with E-state index in [9.17, 15) is 0 Å². The van der Waals surface area contributed by atoms with Crippen molar-refractivity contribution in [2.75, 3.05) is 5.75 Å². The Labute approximate surface area is 110 Å². The standard InChI is InChI=1S/C16H22S/c1-6-14-9-8-13(12-15(14)7-2)10-11-17-16(3,4)5/h6-9,12H,1-2,10-11H2,3-5H3. The molecule has 0 saturated carbocycles. The van der Waals surface area contributed by atoms with Crippen LogP contribution < -0.4 is 0 Å². The van der Waals surface area contributed by atoms with Gasteiger partial charge in [0.2, 0.25) is 0 Å². The maximum Gasteiger partial charge on any atom is 0.00752 e. The predicted molar refractivity (Wildman–Crippen MR) is 82.5 cm³/mol. The van der Waals surface area contributed by atoms with E-state index in [0.717, 1.165) is 17.7 Å². The Hall–Kier alpha value is -0.950. The van der Waals surface area contributed by atoms with Crippen molar-refractivity contribution in [3.63, 3.8) is 0 Å². The SMILES string of the molecule is C=Cc1ccc(CCSC(C)(C)C)cc1C=C. The summed E-state index contributed by atoms with van der Waals surface area (Å²) in [7, 11) is 0. The van der Waals surface area contributed by atoms with Gasteiger partial charge in [0, 0.05) is 4.75 Å². The van der Waals surface area contributed by atoms with Crippen LogP contribution in [0.15, 0.2) is 31.4 Å². The molecule has 1 rings (SSSR count). The van der Waals surface area contributed by atoms with Gasteiger partial charge in [-0.2, -0.15) is 11.8 Å². The largest absolute Gasteiger partial charge is 0.156 e. The third-order valence-electron chi connectivity index (χ3n) is 2.52. The molecule has 1 aromatic rings. The van der Waals surface area contributed by atoms with E-state index >= 15 is 0 Å². The average Bonchev–Trinajstić information content (AvgIpc) is 2.27. The van der Waals surface area contributed by atoms with Crippen LogP contribution in [0.4, 0.5) is 0 Å². The van der Waals surface area contributed by atoms with E-state index in [1.807, 2.05) is 23.9 Å². The molecule has 0 aromatic heterocycles. The number of rotatable bonds is 5. The Kier molecular flexibility index (Phi) is 5.07. The highest BCUT2D eigenvalue weighted by atomic mass is 32.2. The molecule has 92 valence electrons. The lowest BCUT2D eigenvalue weighted by Crippen LogP contribution is -2.09. The first kappa shape index (κ1) is 14.1. The third-order valence-corrected chi connectivity index (χ3v) is 3.79. The molecule has 0 heterocycles. The Balaban J connectivity index is 2.67. The second-order valence-corrected chi connectivity index (χ2v) is 7.00. The second kappa shape index (κ2) is 6.11. The van der Waals surface area contributed by atoms with Crippen LogP contribution in [-0.4, -0.2) is 10.5 Å². The van der Waals surface area contributed by atoms with E-state index in [1.54, 1.807) is 0 Å². The van der Waals surface area contributed by atoms with Crippen molar-refractivity contribution in [2.24, 2.45) is 0 Å². The average molecular weight is 246 g/mol. The molecule has 0 amide bonds. The molecule has 0 aliphatic rings. The van der Waals surface area contributed by atoms with Crippen molar-refractivity contribution in [2.45, 2.75) is 31.9 Å². The molecule has 0 fully saturated rings. The third kappa shape index (κ3) is 4.82. The van der Waals surface area contributed by atoms with E-state index in [-0.39, 0.29) is 0 Å². The summed E-state index contributed by atoms with van der Waals surface area (Å²) in [6.07, 6.45) is 4.89. The quantitative estimate of drug-likeness (QED) is 0.701. The van der Waals surface area contributed by atoms with Gasteiger partial charge in [-0.15, -0.1) is 0 Å². The van der Waals surface area contributed by atoms with Gasteiger partial charge in [-0.1, -0.05) is 64.3 Å². The van der Waals surface area contributed by atoms with E-state index in [2.05, 4.69) is 52.1 Å². The zero-order chi connectivity index (χ0) is 12.9.